The van der Waals surface area contributed by atoms with E-state index in [9.17, 15) is 0 Å². The molecule has 100 valence electrons. The highest BCUT2D eigenvalue weighted by atomic mass is 79.9. The van der Waals surface area contributed by atoms with Crippen molar-refractivity contribution in [3.63, 3.8) is 0 Å². The molecule has 2 aromatic rings. The van der Waals surface area contributed by atoms with Crippen LogP contribution < -0.4 is 10.1 Å². The quantitative estimate of drug-likeness (QED) is 0.883. The van der Waals surface area contributed by atoms with E-state index in [4.69, 9.17) is 4.74 Å². The fourth-order valence-corrected chi connectivity index (χ4v) is 2.47. The molecule has 0 aromatic heterocycles. The smallest absolute Gasteiger partial charge is 0.119 e. The Morgan fingerprint density at radius 1 is 1.05 bits per heavy atom. The average Bonchev–Trinajstić information content (AvgIpc) is 2.37. The molecule has 0 spiro atoms. The van der Waals surface area contributed by atoms with Gasteiger partial charge in [0.2, 0.25) is 0 Å². The first-order chi connectivity index (χ1) is 9.08. The topological polar surface area (TPSA) is 21.3 Å². The summed E-state index contributed by atoms with van der Waals surface area (Å²) in [6.45, 7) is 4.99. The van der Waals surface area contributed by atoms with Crippen molar-refractivity contribution in [2.45, 2.75) is 20.4 Å². The van der Waals surface area contributed by atoms with E-state index in [1.54, 1.807) is 7.11 Å². The van der Waals surface area contributed by atoms with Crippen LogP contribution in [-0.4, -0.2) is 7.11 Å². The lowest BCUT2D eigenvalue weighted by atomic mass is 10.1. The number of nitrogens with one attached hydrogen (secondary N) is 1. The molecular weight excluding hydrogens is 302 g/mol. The van der Waals surface area contributed by atoms with Gasteiger partial charge in [0, 0.05) is 16.7 Å². The lowest BCUT2D eigenvalue weighted by molar-refractivity contribution is 0.414. The van der Waals surface area contributed by atoms with Crippen LogP contribution in [0.3, 0.4) is 0 Å². The van der Waals surface area contributed by atoms with Gasteiger partial charge in [-0.2, -0.15) is 0 Å². The van der Waals surface area contributed by atoms with Crippen molar-refractivity contribution in [3.05, 3.63) is 57.6 Å². The maximum absolute atomic E-state index is 5.25. The second-order valence-corrected chi connectivity index (χ2v) is 5.54. The molecule has 0 aliphatic rings. The standard InChI is InChI=1S/C16H18BrNO/c1-11-6-12(2)8-14(7-11)18-10-13-9-15(19-3)4-5-16(13)17/h4-9,18H,10H2,1-3H3. The molecule has 19 heavy (non-hydrogen) atoms. The average molecular weight is 320 g/mol. The molecule has 0 heterocycles. The van der Waals surface area contributed by atoms with E-state index in [-0.39, 0.29) is 0 Å². The van der Waals surface area contributed by atoms with E-state index in [1.165, 1.54) is 16.7 Å². The normalized spacial score (nSPS) is 10.3. The maximum atomic E-state index is 5.25. The van der Waals surface area contributed by atoms with Crippen LogP contribution >= 0.6 is 15.9 Å². The van der Waals surface area contributed by atoms with Gasteiger partial charge in [-0.1, -0.05) is 22.0 Å². The maximum Gasteiger partial charge on any atom is 0.119 e. The number of halogens is 1. The summed E-state index contributed by atoms with van der Waals surface area (Å²) in [4.78, 5) is 0. The molecule has 1 N–H and O–H groups in total. The Bertz CT molecular complexity index is 561. The summed E-state index contributed by atoms with van der Waals surface area (Å²) >= 11 is 3.57. The Balaban J connectivity index is 2.13. The summed E-state index contributed by atoms with van der Waals surface area (Å²) in [5.41, 5.74) is 4.87. The number of hydrogen-bond donors (Lipinski definition) is 1. The number of ether oxygens (including phenoxy) is 1. The van der Waals surface area contributed by atoms with E-state index in [0.29, 0.717) is 0 Å². The van der Waals surface area contributed by atoms with Crippen LogP contribution in [0, 0.1) is 13.8 Å². The van der Waals surface area contributed by atoms with Crippen molar-refractivity contribution >= 4 is 21.6 Å². The van der Waals surface area contributed by atoms with E-state index in [1.807, 2.05) is 18.2 Å². The predicted molar refractivity (Wildman–Crippen MR) is 83.9 cm³/mol. The van der Waals surface area contributed by atoms with Gasteiger partial charge in [-0.15, -0.1) is 0 Å². The van der Waals surface area contributed by atoms with Gasteiger partial charge in [0.15, 0.2) is 0 Å². The largest absolute Gasteiger partial charge is 0.497 e. The summed E-state index contributed by atoms with van der Waals surface area (Å²) in [7, 11) is 1.68. The van der Waals surface area contributed by atoms with Gasteiger partial charge in [-0.25, -0.2) is 0 Å². The summed E-state index contributed by atoms with van der Waals surface area (Å²) in [5.74, 6) is 0.875. The van der Waals surface area contributed by atoms with Gasteiger partial charge in [0.1, 0.15) is 5.75 Å². The molecule has 0 saturated heterocycles. The predicted octanol–water partition coefficient (Wildman–Crippen LogP) is 4.69. The molecule has 0 aliphatic carbocycles. The Morgan fingerprint density at radius 3 is 2.37 bits per heavy atom. The van der Waals surface area contributed by atoms with Crippen LogP contribution in [0.2, 0.25) is 0 Å². The van der Waals surface area contributed by atoms with Gasteiger partial charge < -0.3 is 10.1 Å². The van der Waals surface area contributed by atoms with E-state index >= 15 is 0 Å². The number of benzene rings is 2. The molecular formula is C16H18BrNO. The van der Waals surface area contributed by atoms with Crippen LogP contribution in [0.5, 0.6) is 5.75 Å². The van der Waals surface area contributed by atoms with E-state index in [2.05, 4.69) is 53.3 Å². The zero-order valence-electron chi connectivity index (χ0n) is 11.5. The second kappa shape index (κ2) is 6.11. The number of methoxy groups -OCH3 is 1. The van der Waals surface area contributed by atoms with E-state index in [0.717, 1.165) is 22.5 Å². The molecule has 2 aromatic carbocycles. The van der Waals surface area contributed by atoms with Gasteiger partial charge >= 0.3 is 0 Å². The van der Waals surface area contributed by atoms with Crippen molar-refractivity contribution in [1.82, 2.24) is 0 Å². The highest BCUT2D eigenvalue weighted by Crippen LogP contribution is 2.24. The first kappa shape index (κ1) is 13.9. The second-order valence-electron chi connectivity index (χ2n) is 4.69. The summed E-state index contributed by atoms with van der Waals surface area (Å²) in [5, 5.41) is 3.45. The first-order valence-corrected chi connectivity index (χ1v) is 7.02. The van der Waals surface area contributed by atoms with Crippen molar-refractivity contribution in [2.24, 2.45) is 0 Å². The highest BCUT2D eigenvalue weighted by molar-refractivity contribution is 9.10. The molecule has 0 atom stereocenters. The molecule has 0 amide bonds. The minimum absolute atomic E-state index is 0.765. The van der Waals surface area contributed by atoms with Gasteiger partial charge in [-0.05, 0) is 60.9 Å². The summed E-state index contributed by atoms with van der Waals surface area (Å²) < 4.78 is 6.34. The minimum atomic E-state index is 0.765. The zero-order chi connectivity index (χ0) is 13.8. The molecule has 2 nitrogen and oxygen atoms in total. The van der Waals surface area contributed by atoms with Gasteiger partial charge in [-0.3, -0.25) is 0 Å². The molecule has 2 rings (SSSR count). The van der Waals surface area contributed by atoms with Crippen LogP contribution in [0.25, 0.3) is 0 Å². The summed E-state index contributed by atoms with van der Waals surface area (Å²) in [6, 6.07) is 12.5. The molecule has 0 aliphatic heterocycles. The number of anilines is 1. The Labute approximate surface area is 122 Å². The Hall–Kier alpha value is -1.48. The van der Waals surface area contributed by atoms with Crippen molar-refractivity contribution in [2.75, 3.05) is 12.4 Å². The SMILES string of the molecule is COc1ccc(Br)c(CNc2cc(C)cc(C)c2)c1. The van der Waals surface area contributed by atoms with Crippen molar-refractivity contribution in [3.8, 4) is 5.75 Å². The molecule has 0 unspecified atom stereocenters. The molecule has 0 saturated carbocycles. The number of hydrogen-bond acceptors (Lipinski definition) is 2. The third kappa shape index (κ3) is 3.74. The number of aryl methyl sites for hydroxylation is 2. The van der Waals surface area contributed by atoms with Crippen molar-refractivity contribution < 1.29 is 4.74 Å². The Kier molecular flexibility index (Phi) is 4.48. The molecule has 0 fully saturated rings. The lowest BCUT2D eigenvalue weighted by Crippen LogP contribution is -2.01. The van der Waals surface area contributed by atoms with Crippen LogP contribution in [0.15, 0.2) is 40.9 Å². The van der Waals surface area contributed by atoms with Crippen molar-refractivity contribution in [1.29, 1.82) is 0 Å². The van der Waals surface area contributed by atoms with Crippen LogP contribution in [0.4, 0.5) is 5.69 Å². The van der Waals surface area contributed by atoms with Gasteiger partial charge in [0.25, 0.3) is 0 Å². The van der Waals surface area contributed by atoms with E-state index < -0.39 is 0 Å². The van der Waals surface area contributed by atoms with Gasteiger partial charge in [0.05, 0.1) is 7.11 Å². The number of rotatable bonds is 4. The molecule has 0 radical (unpaired) electrons. The highest BCUT2D eigenvalue weighted by Gasteiger charge is 2.03. The monoisotopic (exact) mass is 319 g/mol. The van der Waals surface area contributed by atoms with Crippen LogP contribution in [0.1, 0.15) is 16.7 Å². The lowest BCUT2D eigenvalue weighted by Gasteiger charge is -2.11. The third-order valence-corrected chi connectivity index (χ3v) is 3.73. The molecule has 0 bridgehead atoms. The third-order valence-electron chi connectivity index (χ3n) is 2.96. The fraction of sp³-hybridized carbons (Fsp3) is 0.250. The zero-order valence-corrected chi connectivity index (χ0v) is 13.0. The minimum Gasteiger partial charge on any atom is -0.497 e. The Morgan fingerprint density at radius 2 is 1.74 bits per heavy atom. The summed E-state index contributed by atoms with van der Waals surface area (Å²) in [6.07, 6.45) is 0. The molecule has 3 heteroatoms. The fourth-order valence-electron chi connectivity index (χ4n) is 2.09. The van der Waals surface area contributed by atoms with Crippen LogP contribution in [-0.2, 0) is 6.54 Å². The first-order valence-electron chi connectivity index (χ1n) is 6.23.